The van der Waals surface area contributed by atoms with Crippen LogP contribution >= 0.6 is 15.9 Å². The Morgan fingerprint density at radius 3 is 2.50 bits per heavy atom. The number of carbonyl (C=O) groups is 1. The van der Waals surface area contributed by atoms with Crippen LogP contribution in [0.25, 0.3) is 11.3 Å². The predicted octanol–water partition coefficient (Wildman–Crippen LogP) is 4.44. The van der Waals surface area contributed by atoms with Crippen LogP contribution in [0.3, 0.4) is 0 Å². The van der Waals surface area contributed by atoms with E-state index < -0.39 is 0 Å². The third-order valence-corrected chi connectivity index (χ3v) is 5.35. The van der Waals surface area contributed by atoms with Gasteiger partial charge in [0.05, 0.1) is 24.6 Å². The molecule has 0 radical (unpaired) electrons. The molecule has 0 saturated carbocycles. The Balaban J connectivity index is 1.49. The second-order valence-corrected chi connectivity index (χ2v) is 7.77. The van der Waals surface area contributed by atoms with Crippen molar-refractivity contribution in [3.63, 3.8) is 0 Å². The fourth-order valence-electron chi connectivity index (χ4n) is 3.28. The third kappa shape index (κ3) is 4.95. The number of nitrogens with zero attached hydrogens (tertiary/aromatic N) is 3. The lowest BCUT2D eigenvalue weighted by Crippen LogP contribution is -2.36. The molecular formula is C22H22BrN5O2. The summed E-state index contributed by atoms with van der Waals surface area (Å²) in [6, 6.07) is 15.5. The summed E-state index contributed by atoms with van der Waals surface area (Å²) < 4.78 is 6.44. The molecule has 30 heavy (non-hydrogen) atoms. The van der Waals surface area contributed by atoms with Gasteiger partial charge in [-0.05, 0) is 52.3 Å². The maximum Gasteiger partial charge on any atom is 0.227 e. The molecule has 1 saturated heterocycles. The van der Waals surface area contributed by atoms with Gasteiger partial charge in [0.2, 0.25) is 11.9 Å². The van der Waals surface area contributed by atoms with E-state index in [-0.39, 0.29) is 5.91 Å². The fraction of sp³-hybridized carbons (Fsp3) is 0.227. The zero-order valence-electron chi connectivity index (χ0n) is 16.6. The second-order valence-electron chi connectivity index (χ2n) is 6.91. The van der Waals surface area contributed by atoms with Crippen molar-refractivity contribution in [1.82, 2.24) is 9.97 Å². The number of rotatable bonds is 5. The molecule has 0 unspecified atom stereocenters. The van der Waals surface area contributed by atoms with Crippen molar-refractivity contribution >= 4 is 44.8 Å². The Hall–Kier alpha value is -2.97. The van der Waals surface area contributed by atoms with E-state index in [1.165, 1.54) is 6.92 Å². The van der Waals surface area contributed by atoms with Crippen LogP contribution in [-0.2, 0) is 9.53 Å². The Labute approximate surface area is 183 Å². The molecule has 0 aliphatic carbocycles. The first kappa shape index (κ1) is 20.3. The van der Waals surface area contributed by atoms with Crippen LogP contribution < -0.4 is 15.5 Å². The highest BCUT2D eigenvalue weighted by atomic mass is 79.9. The van der Waals surface area contributed by atoms with Gasteiger partial charge in [-0.1, -0.05) is 12.1 Å². The molecule has 2 aromatic carbocycles. The lowest BCUT2D eigenvalue weighted by molar-refractivity contribution is -0.114. The van der Waals surface area contributed by atoms with Crippen LogP contribution in [0.2, 0.25) is 0 Å². The van der Waals surface area contributed by atoms with Crippen LogP contribution in [0.1, 0.15) is 6.92 Å². The van der Waals surface area contributed by atoms with Crippen LogP contribution in [0, 0.1) is 0 Å². The number of nitrogens with one attached hydrogen (secondary N) is 2. The molecule has 1 aliphatic rings. The van der Waals surface area contributed by atoms with Crippen molar-refractivity contribution in [1.29, 1.82) is 0 Å². The maximum atomic E-state index is 11.2. The number of aromatic nitrogens is 2. The van der Waals surface area contributed by atoms with Gasteiger partial charge in [-0.25, -0.2) is 9.97 Å². The minimum atomic E-state index is -0.0953. The monoisotopic (exact) mass is 467 g/mol. The van der Waals surface area contributed by atoms with Crippen molar-refractivity contribution in [3.05, 3.63) is 59.2 Å². The molecule has 1 aliphatic heterocycles. The number of morpholine rings is 1. The highest BCUT2D eigenvalue weighted by Crippen LogP contribution is 2.31. The quantitative estimate of drug-likeness (QED) is 0.577. The van der Waals surface area contributed by atoms with Gasteiger partial charge in [0.15, 0.2) is 0 Å². The number of halogens is 1. The standard InChI is InChI=1S/C22H22BrN5O2/c1-15(29)25-17-4-2-16(3-5-17)20-8-9-24-22(27-20)26-18-6-7-21(19(23)14-18)28-10-12-30-13-11-28/h2-9,14H,10-13H2,1H3,(H,25,29)(H,24,26,27). The van der Waals surface area contributed by atoms with Gasteiger partial charge in [-0.15, -0.1) is 0 Å². The minimum Gasteiger partial charge on any atom is -0.378 e. The van der Waals surface area contributed by atoms with E-state index in [4.69, 9.17) is 4.74 Å². The van der Waals surface area contributed by atoms with Gasteiger partial charge in [0, 0.05) is 47.6 Å². The van der Waals surface area contributed by atoms with Crippen molar-refractivity contribution in [2.45, 2.75) is 6.92 Å². The van der Waals surface area contributed by atoms with Crippen molar-refractivity contribution < 1.29 is 9.53 Å². The van der Waals surface area contributed by atoms with E-state index in [1.54, 1.807) is 6.20 Å². The van der Waals surface area contributed by atoms with Crippen molar-refractivity contribution in [3.8, 4) is 11.3 Å². The minimum absolute atomic E-state index is 0.0953. The number of amides is 1. The summed E-state index contributed by atoms with van der Waals surface area (Å²) in [6.07, 6.45) is 1.73. The van der Waals surface area contributed by atoms with E-state index in [2.05, 4.69) is 47.5 Å². The van der Waals surface area contributed by atoms with Gasteiger partial charge in [-0.2, -0.15) is 0 Å². The SMILES string of the molecule is CC(=O)Nc1ccc(-c2ccnc(Nc3ccc(N4CCOCC4)c(Br)c3)n2)cc1. The molecule has 2 heterocycles. The molecule has 3 aromatic rings. The summed E-state index contributed by atoms with van der Waals surface area (Å²) >= 11 is 3.68. The molecule has 8 heteroatoms. The Morgan fingerprint density at radius 1 is 1.07 bits per heavy atom. The number of anilines is 4. The lowest BCUT2D eigenvalue weighted by atomic mass is 10.1. The number of benzene rings is 2. The molecular weight excluding hydrogens is 446 g/mol. The normalized spacial score (nSPS) is 13.7. The second kappa shape index (κ2) is 9.23. The van der Waals surface area contributed by atoms with E-state index in [0.717, 1.165) is 59.1 Å². The molecule has 154 valence electrons. The predicted molar refractivity (Wildman–Crippen MR) is 122 cm³/mol. The molecule has 0 atom stereocenters. The van der Waals surface area contributed by atoms with Crippen LogP contribution in [0.15, 0.2) is 59.2 Å². The van der Waals surface area contributed by atoms with Crippen LogP contribution in [0.4, 0.5) is 23.0 Å². The summed E-state index contributed by atoms with van der Waals surface area (Å²) in [5, 5.41) is 6.03. The summed E-state index contributed by atoms with van der Waals surface area (Å²) in [5.74, 6) is 0.423. The van der Waals surface area contributed by atoms with Gasteiger partial charge in [0.25, 0.3) is 0 Å². The van der Waals surface area contributed by atoms with E-state index in [0.29, 0.717) is 5.95 Å². The average molecular weight is 468 g/mol. The Bertz CT molecular complexity index is 1040. The molecule has 0 spiro atoms. The van der Waals surface area contributed by atoms with Crippen molar-refractivity contribution in [2.75, 3.05) is 41.8 Å². The largest absolute Gasteiger partial charge is 0.378 e. The molecule has 1 aromatic heterocycles. The number of carbonyl (C=O) groups excluding carboxylic acids is 1. The Morgan fingerprint density at radius 2 is 1.80 bits per heavy atom. The van der Waals surface area contributed by atoms with Gasteiger partial charge in [-0.3, -0.25) is 4.79 Å². The van der Waals surface area contributed by atoms with Gasteiger partial charge >= 0.3 is 0 Å². The zero-order valence-corrected chi connectivity index (χ0v) is 18.1. The van der Waals surface area contributed by atoms with Crippen LogP contribution in [0.5, 0.6) is 0 Å². The van der Waals surface area contributed by atoms with Gasteiger partial charge < -0.3 is 20.3 Å². The topological polar surface area (TPSA) is 79.4 Å². The smallest absolute Gasteiger partial charge is 0.227 e. The summed E-state index contributed by atoms with van der Waals surface area (Å²) in [5.41, 5.74) is 4.54. The first-order valence-electron chi connectivity index (χ1n) is 9.69. The molecule has 0 bridgehead atoms. The molecule has 1 fully saturated rings. The van der Waals surface area contributed by atoms with E-state index >= 15 is 0 Å². The molecule has 1 amide bonds. The number of hydrogen-bond acceptors (Lipinski definition) is 6. The van der Waals surface area contributed by atoms with E-state index in [1.807, 2.05) is 42.5 Å². The Kier molecular flexibility index (Phi) is 6.25. The van der Waals surface area contributed by atoms with E-state index in [9.17, 15) is 4.79 Å². The maximum absolute atomic E-state index is 11.2. The summed E-state index contributed by atoms with van der Waals surface area (Å²) in [6.45, 7) is 4.76. The summed E-state index contributed by atoms with van der Waals surface area (Å²) in [7, 11) is 0. The molecule has 2 N–H and O–H groups in total. The first-order valence-corrected chi connectivity index (χ1v) is 10.5. The average Bonchev–Trinajstić information content (AvgIpc) is 2.75. The number of ether oxygens (including phenoxy) is 1. The number of hydrogen-bond donors (Lipinski definition) is 2. The highest BCUT2D eigenvalue weighted by molar-refractivity contribution is 9.10. The molecule has 7 nitrogen and oxygen atoms in total. The lowest BCUT2D eigenvalue weighted by Gasteiger charge is -2.29. The molecule has 4 rings (SSSR count). The fourth-order valence-corrected chi connectivity index (χ4v) is 3.91. The third-order valence-electron chi connectivity index (χ3n) is 4.71. The first-order chi connectivity index (χ1) is 14.6. The van der Waals surface area contributed by atoms with Crippen molar-refractivity contribution in [2.24, 2.45) is 0 Å². The summed E-state index contributed by atoms with van der Waals surface area (Å²) in [4.78, 5) is 22.4. The van der Waals surface area contributed by atoms with Gasteiger partial charge in [0.1, 0.15) is 0 Å². The highest BCUT2D eigenvalue weighted by Gasteiger charge is 2.14. The van der Waals surface area contributed by atoms with Crippen LogP contribution in [-0.4, -0.2) is 42.2 Å². The zero-order chi connectivity index (χ0) is 20.9.